The maximum atomic E-state index is 13.4. The van der Waals surface area contributed by atoms with Crippen LogP contribution < -0.4 is 11.1 Å². The topological polar surface area (TPSA) is 122 Å². The van der Waals surface area contributed by atoms with E-state index in [1.807, 2.05) is 6.07 Å². The third-order valence-corrected chi connectivity index (χ3v) is 7.45. The van der Waals surface area contributed by atoms with Crippen LogP contribution in [-0.4, -0.2) is 70.8 Å². The summed E-state index contributed by atoms with van der Waals surface area (Å²) < 4.78 is 5.60. The van der Waals surface area contributed by atoms with Crippen LogP contribution in [0.5, 0.6) is 0 Å². The van der Waals surface area contributed by atoms with Crippen molar-refractivity contribution in [3.8, 4) is 0 Å². The van der Waals surface area contributed by atoms with Crippen molar-refractivity contribution in [1.29, 1.82) is 0 Å². The molecular weight excluding hydrogens is 412 g/mol. The van der Waals surface area contributed by atoms with E-state index in [4.69, 9.17) is 10.5 Å². The van der Waals surface area contributed by atoms with Crippen LogP contribution in [0.2, 0.25) is 0 Å². The van der Waals surface area contributed by atoms with E-state index in [2.05, 4.69) is 10.2 Å². The number of nitrogens with zero attached hydrogens (tertiary/aromatic N) is 2. The fourth-order valence-electron chi connectivity index (χ4n) is 5.65. The molecule has 3 saturated heterocycles. The number of carbonyl (C=O) groups is 4. The van der Waals surface area contributed by atoms with Gasteiger partial charge in [0.1, 0.15) is 6.04 Å². The van der Waals surface area contributed by atoms with Gasteiger partial charge in [-0.15, -0.1) is 0 Å². The first-order valence-corrected chi connectivity index (χ1v) is 11.3. The molecule has 4 heterocycles. The maximum Gasteiger partial charge on any atom is 0.262 e. The molecule has 3 fully saturated rings. The van der Waals surface area contributed by atoms with Crippen LogP contribution in [0.1, 0.15) is 64.8 Å². The van der Waals surface area contributed by atoms with E-state index >= 15 is 0 Å². The molecular formula is C23H28N4O5. The second-order valence-corrected chi connectivity index (χ2v) is 9.30. The largest absolute Gasteiger partial charge is 0.381 e. The van der Waals surface area contributed by atoms with E-state index in [1.165, 1.54) is 0 Å². The van der Waals surface area contributed by atoms with Gasteiger partial charge in [-0.2, -0.15) is 0 Å². The van der Waals surface area contributed by atoms with Crippen molar-refractivity contribution in [1.82, 2.24) is 15.1 Å². The molecule has 5 rings (SSSR count). The Hall–Kier alpha value is -2.62. The van der Waals surface area contributed by atoms with Crippen molar-refractivity contribution in [3.05, 3.63) is 34.9 Å². The second kappa shape index (κ2) is 8.06. The highest BCUT2D eigenvalue weighted by atomic mass is 16.5. The average Bonchev–Trinajstić information content (AvgIpc) is 3.03. The Morgan fingerprint density at radius 3 is 2.59 bits per heavy atom. The van der Waals surface area contributed by atoms with Gasteiger partial charge in [-0.3, -0.25) is 34.3 Å². The van der Waals surface area contributed by atoms with E-state index in [0.29, 0.717) is 30.9 Å². The van der Waals surface area contributed by atoms with Crippen molar-refractivity contribution in [2.45, 2.75) is 62.7 Å². The Balaban J connectivity index is 1.45. The Bertz CT molecular complexity index is 987. The van der Waals surface area contributed by atoms with Gasteiger partial charge in [0, 0.05) is 44.3 Å². The van der Waals surface area contributed by atoms with Gasteiger partial charge < -0.3 is 10.5 Å². The lowest BCUT2D eigenvalue weighted by Crippen LogP contribution is -2.59. The fourth-order valence-corrected chi connectivity index (χ4v) is 5.65. The molecule has 4 aliphatic rings. The zero-order valence-electron chi connectivity index (χ0n) is 18.0. The lowest BCUT2D eigenvalue weighted by molar-refractivity contribution is -0.136. The van der Waals surface area contributed by atoms with Crippen LogP contribution in [0, 0.1) is 0 Å². The smallest absolute Gasteiger partial charge is 0.262 e. The van der Waals surface area contributed by atoms with Crippen LogP contribution in [0.15, 0.2) is 18.2 Å². The third-order valence-electron chi connectivity index (χ3n) is 7.45. The zero-order valence-corrected chi connectivity index (χ0v) is 18.0. The molecule has 32 heavy (non-hydrogen) atoms. The van der Waals surface area contributed by atoms with Crippen molar-refractivity contribution >= 4 is 23.6 Å². The summed E-state index contributed by atoms with van der Waals surface area (Å²) >= 11 is 0. The van der Waals surface area contributed by atoms with Gasteiger partial charge in [-0.25, -0.2) is 0 Å². The van der Waals surface area contributed by atoms with Crippen LogP contribution >= 0.6 is 0 Å². The molecule has 4 aliphatic heterocycles. The molecule has 9 nitrogen and oxygen atoms in total. The van der Waals surface area contributed by atoms with Gasteiger partial charge in [0.2, 0.25) is 11.8 Å². The van der Waals surface area contributed by atoms with Crippen molar-refractivity contribution < 1.29 is 23.9 Å². The number of piperidine rings is 2. The molecule has 3 N–H and O–H groups in total. The molecule has 0 radical (unpaired) electrons. The maximum absolute atomic E-state index is 13.4. The first-order valence-electron chi connectivity index (χ1n) is 11.3. The molecule has 9 heteroatoms. The first-order chi connectivity index (χ1) is 15.4. The van der Waals surface area contributed by atoms with Gasteiger partial charge >= 0.3 is 0 Å². The van der Waals surface area contributed by atoms with Crippen molar-refractivity contribution in [2.75, 3.05) is 19.8 Å². The van der Waals surface area contributed by atoms with Crippen LogP contribution in [-0.2, 0) is 20.9 Å². The quantitative estimate of drug-likeness (QED) is 0.659. The highest BCUT2D eigenvalue weighted by Gasteiger charge is 2.47. The number of carbonyl (C=O) groups excluding carboxylic acids is 4. The normalized spacial score (nSPS) is 28.2. The molecule has 2 unspecified atom stereocenters. The average molecular weight is 441 g/mol. The number of rotatable bonds is 3. The van der Waals surface area contributed by atoms with E-state index in [1.54, 1.807) is 12.1 Å². The molecule has 1 spiro atoms. The highest BCUT2D eigenvalue weighted by Crippen LogP contribution is 2.39. The summed E-state index contributed by atoms with van der Waals surface area (Å²) in [6.07, 6.45) is 4.04. The monoisotopic (exact) mass is 440 g/mol. The molecule has 1 aromatic carbocycles. The summed E-state index contributed by atoms with van der Waals surface area (Å²) in [7, 11) is 0. The lowest BCUT2D eigenvalue weighted by atomic mass is 9.78. The minimum Gasteiger partial charge on any atom is -0.381 e. The number of benzene rings is 1. The Kier molecular flexibility index (Phi) is 5.35. The summed E-state index contributed by atoms with van der Waals surface area (Å²) in [4.78, 5) is 53.8. The molecule has 0 aromatic heterocycles. The number of nitrogens with one attached hydrogen (secondary N) is 1. The molecule has 0 saturated carbocycles. The summed E-state index contributed by atoms with van der Waals surface area (Å²) in [5.41, 5.74) is 7.75. The number of hydrogen-bond donors (Lipinski definition) is 2. The SMILES string of the molecule is NC1CCC2(CCOCC2)N(Cc2cccc3c2C(=O)N(C2CCC(=O)NC2=O)C3=O)C1. The predicted molar refractivity (Wildman–Crippen MR) is 114 cm³/mol. The Morgan fingerprint density at radius 2 is 1.84 bits per heavy atom. The van der Waals surface area contributed by atoms with E-state index in [9.17, 15) is 19.2 Å². The van der Waals surface area contributed by atoms with E-state index < -0.39 is 23.8 Å². The minimum atomic E-state index is -0.960. The van der Waals surface area contributed by atoms with E-state index in [-0.39, 0.29) is 30.3 Å². The summed E-state index contributed by atoms with van der Waals surface area (Å²) in [6, 6.07) is 4.41. The number of hydrogen-bond acceptors (Lipinski definition) is 7. The number of fused-ring (bicyclic) bond motifs is 1. The van der Waals surface area contributed by atoms with Crippen LogP contribution in [0.3, 0.4) is 0 Å². The summed E-state index contributed by atoms with van der Waals surface area (Å²) in [5.74, 6) is -1.91. The van der Waals surface area contributed by atoms with Crippen LogP contribution in [0.4, 0.5) is 0 Å². The molecule has 2 atom stereocenters. The molecule has 0 bridgehead atoms. The van der Waals surface area contributed by atoms with Crippen molar-refractivity contribution in [3.63, 3.8) is 0 Å². The number of ether oxygens (including phenoxy) is 1. The van der Waals surface area contributed by atoms with Gasteiger partial charge in [0.05, 0.1) is 11.1 Å². The standard InChI is InChI=1S/C23H28N4O5/c24-15-6-7-23(8-10-32-11-9-23)26(13-15)12-14-2-1-3-16-19(14)22(31)27(21(16)30)17-4-5-18(28)25-20(17)29/h1-3,15,17H,4-13,24H2,(H,25,28,29). The van der Waals surface area contributed by atoms with E-state index in [0.717, 1.165) is 42.7 Å². The first kappa shape index (κ1) is 21.2. The van der Waals surface area contributed by atoms with Gasteiger partial charge in [0.25, 0.3) is 11.8 Å². The highest BCUT2D eigenvalue weighted by molar-refractivity contribution is 6.24. The van der Waals surface area contributed by atoms with Gasteiger partial charge in [0.15, 0.2) is 0 Å². The number of nitrogens with two attached hydrogens (primary N) is 1. The minimum absolute atomic E-state index is 0.00812. The zero-order chi connectivity index (χ0) is 22.5. The molecule has 0 aliphatic carbocycles. The summed E-state index contributed by atoms with van der Waals surface area (Å²) in [6.45, 7) is 2.65. The van der Waals surface area contributed by atoms with Gasteiger partial charge in [-0.1, -0.05) is 12.1 Å². The van der Waals surface area contributed by atoms with Gasteiger partial charge in [-0.05, 0) is 43.7 Å². The number of amides is 4. The summed E-state index contributed by atoms with van der Waals surface area (Å²) in [5, 5.41) is 2.24. The lowest BCUT2D eigenvalue weighted by Gasteiger charge is -2.51. The fraction of sp³-hybridized carbons (Fsp3) is 0.565. The molecule has 4 amide bonds. The predicted octanol–water partition coefficient (Wildman–Crippen LogP) is 0.560. The molecule has 1 aromatic rings. The number of likely N-dealkylation sites (tertiary alicyclic amines) is 1. The van der Waals surface area contributed by atoms with Crippen molar-refractivity contribution in [2.24, 2.45) is 5.73 Å². The third kappa shape index (κ3) is 3.44. The molecule has 170 valence electrons. The Labute approximate surface area is 186 Å². The Morgan fingerprint density at radius 1 is 1.06 bits per heavy atom. The second-order valence-electron chi connectivity index (χ2n) is 9.30. The number of imide groups is 2. The van der Waals surface area contributed by atoms with Crippen LogP contribution in [0.25, 0.3) is 0 Å².